The molecule has 94 valence electrons. The molecule has 4 heteroatoms. The minimum absolute atomic E-state index is 0.0351. The summed E-state index contributed by atoms with van der Waals surface area (Å²) in [5.74, 6) is -0.0351. The van der Waals surface area contributed by atoms with E-state index in [-0.39, 0.29) is 12.5 Å². The van der Waals surface area contributed by atoms with Gasteiger partial charge in [-0.15, -0.1) is 0 Å². The number of hydrogen-bond acceptors (Lipinski definition) is 3. The van der Waals surface area contributed by atoms with Gasteiger partial charge in [-0.1, -0.05) is 6.07 Å². The van der Waals surface area contributed by atoms with Crippen LogP contribution in [-0.2, 0) is 0 Å². The molecule has 0 unspecified atom stereocenters. The van der Waals surface area contributed by atoms with Gasteiger partial charge in [-0.3, -0.25) is 9.78 Å². The van der Waals surface area contributed by atoms with Crippen molar-refractivity contribution in [2.45, 2.75) is 26.2 Å². The normalized spacial score (nSPS) is 10.3. The van der Waals surface area contributed by atoms with Gasteiger partial charge in [0.25, 0.3) is 5.91 Å². The zero-order valence-electron chi connectivity index (χ0n) is 10.5. The molecule has 1 aromatic heterocycles. The second-order valence-corrected chi connectivity index (χ2v) is 4.18. The van der Waals surface area contributed by atoms with E-state index in [2.05, 4.69) is 4.98 Å². The Morgan fingerprint density at radius 1 is 1.41 bits per heavy atom. The van der Waals surface area contributed by atoms with Crippen LogP contribution in [0.1, 0.15) is 35.3 Å². The van der Waals surface area contributed by atoms with Crippen molar-refractivity contribution in [3.8, 4) is 0 Å². The largest absolute Gasteiger partial charge is 0.396 e. The Kier molecular flexibility index (Phi) is 5.63. The van der Waals surface area contributed by atoms with E-state index < -0.39 is 0 Å². The summed E-state index contributed by atoms with van der Waals surface area (Å²) in [5, 5.41) is 8.66. The highest BCUT2D eigenvalue weighted by atomic mass is 16.2. The number of carbonyl (C=O) groups is 1. The lowest BCUT2D eigenvalue weighted by Gasteiger charge is -2.17. The highest BCUT2D eigenvalue weighted by Crippen LogP contribution is 2.07. The van der Waals surface area contributed by atoms with Crippen molar-refractivity contribution in [2.24, 2.45) is 0 Å². The standard InChI is InChI=1S/C13H20N2O2/c1-11-7-6-8-14-12(11)13(17)15(2)9-4-3-5-10-16/h6-8,16H,3-5,9-10H2,1-2H3. The lowest BCUT2D eigenvalue weighted by Crippen LogP contribution is -2.29. The van der Waals surface area contributed by atoms with Crippen molar-refractivity contribution >= 4 is 5.91 Å². The van der Waals surface area contributed by atoms with Crippen molar-refractivity contribution in [2.75, 3.05) is 20.2 Å². The molecule has 0 fully saturated rings. The number of pyridine rings is 1. The third-order valence-corrected chi connectivity index (χ3v) is 2.71. The topological polar surface area (TPSA) is 53.4 Å². The van der Waals surface area contributed by atoms with Crippen LogP contribution in [-0.4, -0.2) is 41.1 Å². The Morgan fingerprint density at radius 3 is 2.82 bits per heavy atom. The van der Waals surface area contributed by atoms with Gasteiger partial charge in [0.05, 0.1) is 0 Å². The fourth-order valence-corrected chi connectivity index (χ4v) is 1.63. The summed E-state index contributed by atoms with van der Waals surface area (Å²) < 4.78 is 0. The fourth-order valence-electron chi connectivity index (χ4n) is 1.63. The maximum Gasteiger partial charge on any atom is 0.272 e. The van der Waals surface area contributed by atoms with Crippen molar-refractivity contribution in [1.82, 2.24) is 9.88 Å². The Morgan fingerprint density at radius 2 is 2.18 bits per heavy atom. The molecule has 0 aliphatic rings. The number of carbonyl (C=O) groups excluding carboxylic acids is 1. The second kappa shape index (κ2) is 7.01. The Hall–Kier alpha value is -1.42. The molecule has 1 aromatic rings. The molecule has 0 bridgehead atoms. The first-order chi connectivity index (χ1) is 8.16. The molecule has 0 aliphatic carbocycles. The van der Waals surface area contributed by atoms with E-state index in [4.69, 9.17) is 5.11 Å². The van der Waals surface area contributed by atoms with E-state index in [9.17, 15) is 4.79 Å². The van der Waals surface area contributed by atoms with Crippen molar-refractivity contribution in [3.05, 3.63) is 29.6 Å². The van der Waals surface area contributed by atoms with Crippen molar-refractivity contribution < 1.29 is 9.90 Å². The lowest BCUT2D eigenvalue weighted by atomic mass is 10.2. The molecule has 0 atom stereocenters. The SMILES string of the molecule is Cc1cccnc1C(=O)N(C)CCCCCO. The summed E-state index contributed by atoms with van der Waals surface area (Å²) in [5.41, 5.74) is 1.43. The molecular formula is C13H20N2O2. The minimum Gasteiger partial charge on any atom is -0.396 e. The predicted octanol–water partition coefficient (Wildman–Crippen LogP) is 1.62. The highest BCUT2D eigenvalue weighted by Gasteiger charge is 2.14. The van der Waals surface area contributed by atoms with E-state index in [1.807, 2.05) is 19.1 Å². The van der Waals surface area contributed by atoms with Gasteiger partial charge in [-0.2, -0.15) is 0 Å². The van der Waals surface area contributed by atoms with Crippen LogP contribution in [0, 0.1) is 6.92 Å². The van der Waals surface area contributed by atoms with Crippen LogP contribution in [0.5, 0.6) is 0 Å². The average Bonchev–Trinajstić information content (AvgIpc) is 2.34. The molecule has 1 N–H and O–H groups in total. The Labute approximate surface area is 102 Å². The van der Waals surface area contributed by atoms with Gasteiger partial charge in [0.1, 0.15) is 5.69 Å². The van der Waals surface area contributed by atoms with Crippen LogP contribution >= 0.6 is 0 Å². The third kappa shape index (κ3) is 4.15. The summed E-state index contributed by atoms with van der Waals surface area (Å²) in [6, 6.07) is 3.72. The molecule has 0 radical (unpaired) electrons. The molecule has 0 aromatic carbocycles. The zero-order valence-corrected chi connectivity index (χ0v) is 10.5. The zero-order chi connectivity index (χ0) is 12.7. The van der Waals surface area contributed by atoms with Gasteiger partial charge in [-0.25, -0.2) is 0 Å². The van der Waals surface area contributed by atoms with Crippen LogP contribution in [0.4, 0.5) is 0 Å². The van der Waals surface area contributed by atoms with E-state index in [0.717, 1.165) is 24.8 Å². The van der Waals surface area contributed by atoms with E-state index in [1.54, 1.807) is 18.1 Å². The number of nitrogens with zero attached hydrogens (tertiary/aromatic N) is 2. The molecule has 0 saturated carbocycles. The van der Waals surface area contributed by atoms with E-state index in [1.165, 1.54) is 0 Å². The van der Waals surface area contributed by atoms with Gasteiger partial charge >= 0.3 is 0 Å². The van der Waals surface area contributed by atoms with E-state index in [0.29, 0.717) is 12.2 Å². The summed E-state index contributed by atoms with van der Waals surface area (Å²) in [7, 11) is 1.79. The quantitative estimate of drug-likeness (QED) is 0.764. The van der Waals surface area contributed by atoms with Crippen LogP contribution in [0.2, 0.25) is 0 Å². The first kappa shape index (κ1) is 13.6. The van der Waals surface area contributed by atoms with Gasteiger partial charge in [-0.05, 0) is 37.8 Å². The highest BCUT2D eigenvalue weighted by molar-refractivity contribution is 5.93. The summed E-state index contributed by atoms with van der Waals surface area (Å²) in [6.45, 7) is 2.81. The number of unbranched alkanes of at least 4 members (excludes halogenated alkanes) is 2. The van der Waals surface area contributed by atoms with Gasteiger partial charge in [0.15, 0.2) is 0 Å². The third-order valence-electron chi connectivity index (χ3n) is 2.71. The molecule has 17 heavy (non-hydrogen) atoms. The lowest BCUT2D eigenvalue weighted by molar-refractivity contribution is 0.0785. The first-order valence-electron chi connectivity index (χ1n) is 5.94. The Bertz CT molecular complexity index is 366. The van der Waals surface area contributed by atoms with Crippen LogP contribution in [0.3, 0.4) is 0 Å². The number of rotatable bonds is 6. The minimum atomic E-state index is -0.0351. The Balaban J connectivity index is 2.49. The maximum absolute atomic E-state index is 12.0. The number of aliphatic hydroxyl groups is 1. The number of hydrogen-bond donors (Lipinski definition) is 1. The number of aliphatic hydroxyl groups excluding tert-OH is 1. The average molecular weight is 236 g/mol. The predicted molar refractivity (Wildman–Crippen MR) is 66.9 cm³/mol. The molecular weight excluding hydrogens is 216 g/mol. The van der Waals surface area contributed by atoms with Gasteiger partial charge in [0.2, 0.25) is 0 Å². The number of aromatic nitrogens is 1. The molecule has 0 aliphatic heterocycles. The fraction of sp³-hybridized carbons (Fsp3) is 0.538. The molecule has 1 rings (SSSR count). The number of aryl methyl sites for hydroxylation is 1. The second-order valence-electron chi connectivity index (χ2n) is 4.18. The smallest absolute Gasteiger partial charge is 0.272 e. The van der Waals surface area contributed by atoms with Gasteiger partial charge < -0.3 is 10.0 Å². The van der Waals surface area contributed by atoms with Crippen molar-refractivity contribution in [3.63, 3.8) is 0 Å². The van der Waals surface area contributed by atoms with Crippen molar-refractivity contribution in [1.29, 1.82) is 0 Å². The molecule has 4 nitrogen and oxygen atoms in total. The molecule has 1 heterocycles. The molecule has 0 saturated heterocycles. The van der Waals surface area contributed by atoms with Gasteiger partial charge in [0, 0.05) is 26.4 Å². The first-order valence-corrected chi connectivity index (χ1v) is 5.94. The number of amides is 1. The maximum atomic E-state index is 12.0. The summed E-state index contributed by atoms with van der Waals surface area (Å²) >= 11 is 0. The monoisotopic (exact) mass is 236 g/mol. The molecule has 0 spiro atoms. The van der Waals surface area contributed by atoms with Crippen LogP contribution in [0.25, 0.3) is 0 Å². The van der Waals surface area contributed by atoms with Crippen LogP contribution < -0.4 is 0 Å². The summed E-state index contributed by atoms with van der Waals surface area (Å²) in [6.07, 6.45) is 4.29. The molecule has 1 amide bonds. The van der Waals surface area contributed by atoms with Crippen LogP contribution in [0.15, 0.2) is 18.3 Å². The summed E-state index contributed by atoms with van der Waals surface area (Å²) in [4.78, 5) is 17.8. The van der Waals surface area contributed by atoms with E-state index >= 15 is 0 Å².